The van der Waals surface area contributed by atoms with E-state index in [0.29, 0.717) is 11.6 Å². The first-order valence-electron chi connectivity index (χ1n) is 6.23. The van der Waals surface area contributed by atoms with Gasteiger partial charge in [0.05, 0.1) is 22.3 Å². The summed E-state index contributed by atoms with van der Waals surface area (Å²) in [4.78, 5) is -0.0482. The van der Waals surface area contributed by atoms with Crippen LogP contribution in [0.4, 0.5) is 5.69 Å². The highest BCUT2D eigenvalue weighted by Gasteiger charge is 2.20. The van der Waals surface area contributed by atoms with Crippen molar-refractivity contribution >= 4 is 50.5 Å². The molecule has 0 unspecified atom stereocenters. The van der Waals surface area contributed by atoms with Gasteiger partial charge in [0, 0.05) is 5.02 Å². The SMILES string of the molecule is CCOc1ccc(Cl)cc1S(=O)(=O)Nc1ccc(Cl)c(Cl)c1. The summed E-state index contributed by atoms with van der Waals surface area (Å²) in [7, 11) is -3.88. The number of halogens is 3. The number of ether oxygens (including phenoxy) is 1. The number of nitrogens with one attached hydrogen (secondary N) is 1. The third kappa shape index (κ3) is 3.98. The van der Waals surface area contributed by atoms with Crippen LogP contribution in [0.5, 0.6) is 5.75 Å². The summed E-state index contributed by atoms with van der Waals surface area (Å²) in [5, 5.41) is 0.873. The molecule has 118 valence electrons. The van der Waals surface area contributed by atoms with E-state index in [9.17, 15) is 8.42 Å². The standard InChI is InChI=1S/C14H12Cl3NO3S/c1-2-21-13-6-3-9(15)7-14(13)22(19,20)18-10-4-5-11(16)12(17)8-10/h3-8,18H,2H2,1H3. The minimum Gasteiger partial charge on any atom is -0.492 e. The van der Waals surface area contributed by atoms with E-state index in [4.69, 9.17) is 39.5 Å². The average molecular weight is 381 g/mol. The van der Waals surface area contributed by atoms with Crippen LogP contribution in [0, 0.1) is 0 Å². The van der Waals surface area contributed by atoms with Crippen molar-refractivity contribution in [3.8, 4) is 5.75 Å². The molecule has 0 aliphatic carbocycles. The van der Waals surface area contributed by atoms with E-state index in [0.717, 1.165) is 0 Å². The third-order valence-corrected chi connectivity index (χ3v) is 5.04. The van der Waals surface area contributed by atoms with Gasteiger partial charge >= 0.3 is 0 Å². The predicted molar refractivity (Wildman–Crippen MR) is 89.9 cm³/mol. The minimum absolute atomic E-state index is 0.0482. The number of hydrogen-bond donors (Lipinski definition) is 1. The Hall–Kier alpha value is -1.14. The Morgan fingerprint density at radius 3 is 2.41 bits per heavy atom. The molecule has 0 fully saturated rings. The lowest BCUT2D eigenvalue weighted by atomic mass is 10.3. The molecule has 1 N–H and O–H groups in total. The van der Waals surface area contributed by atoms with E-state index in [-0.39, 0.29) is 26.4 Å². The van der Waals surface area contributed by atoms with E-state index >= 15 is 0 Å². The van der Waals surface area contributed by atoms with Gasteiger partial charge in [-0.3, -0.25) is 4.72 Å². The van der Waals surface area contributed by atoms with Crippen molar-refractivity contribution in [3.05, 3.63) is 51.5 Å². The van der Waals surface area contributed by atoms with Gasteiger partial charge in [0.25, 0.3) is 10.0 Å². The van der Waals surface area contributed by atoms with Crippen molar-refractivity contribution in [1.82, 2.24) is 0 Å². The van der Waals surface area contributed by atoms with Crippen molar-refractivity contribution in [2.75, 3.05) is 11.3 Å². The van der Waals surface area contributed by atoms with Crippen LogP contribution in [0.1, 0.15) is 6.92 Å². The number of hydrogen-bond acceptors (Lipinski definition) is 3. The number of rotatable bonds is 5. The molecule has 0 aliphatic rings. The highest BCUT2D eigenvalue weighted by atomic mass is 35.5. The molecule has 2 aromatic carbocycles. The fourth-order valence-electron chi connectivity index (χ4n) is 1.74. The van der Waals surface area contributed by atoms with Crippen molar-refractivity contribution in [1.29, 1.82) is 0 Å². The first kappa shape index (κ1) is 17.2. The number of anilines is 1. The zero-order chi connectivity index (χ0) is 16.3. The Morgan fingerprint density at radius 1 is 1.05 bits per heavy atom. The second kappa shape index (κ2) is 6.96. The molecule has 2 aromatic rings. The van der Waals surface area contributed by atoms with Gasteiger partial charge in [0.15, 0.2) is 0 Å². The van der Waals surface area contributed by atoms with Gasteiger partial charge < -0.3 is 4.74 Å². The summed E-state index contributed by atoms with van der Waals surface area (Å²) < 4.78 is 32.8. The summed E-state index contributed by atoms with van der Waals surface area (Å²) in [6.07, 6.45) is 0. The Balaban J connectivity index is 2.41. The molecule has 2 rings (SSSR count). The molecular weight excluding hydrogens is 369 g/mol. The van der Waals surface area contributed by atoms with E-state index in [2.05, 4.69) is 4.72 Å². The molecule has 0 saturated carbocycles. The maximum absolute atomic E-state index is 12.5. The Morgan fingerprint density at radius 2 is 1.77 bits per heavy atom. The van der Waals surface area contributed by atoms with E-state index in [1.165, 1.54) is 30.3 Å². The molecular formula is C14H12Cl3NO3S. The number of sulfonamides is 1. The Labute approximate surface area is 144 Å². The summed E-state index contributed by atoms with van der Waals surface area (Å²) in [6.45, 7) is 2.09. The van der Waals surface area contributed by atoms with Gasteiger partial charge in [-0.25, -0.2) is 8.42 Å². The smallest absolute Gasteiger partial charge is 0.265 e. The average Bonchev–Trinajstić information content (AvgIpc) is 2.45. The predicted octanol–water partition coefficient (Wildman–Crippen LogP) is 4.85. The van der Waals surface area contributed by atoms with Gasteiger partial charge in [-0.05, 0) is 43.3 Å². The molecule has 0 atom stereocenters. The van der Waals surface area contributed by atoms with Crippen LogP contribution in [-0.4, -0.2) is 15.0 Å². The molecule has 0 amide bonds. The van der Waals surface area contributed by atoms with E-state index < -0.39 is 10.0 Å². The summed E-state index contributed by atoms with van der Waals surface area (Å²) in [5.74, 6) is 0.222. The lowest BCUT2D eigenvalue weighted by Gasteiger charge is -2.13. The molecule has 8 heteroatoms. The van der Waals surface area contributed by atoms with Gasteiger partial charge in [-0.15, -0.1) is 0 Å². The molecule has 22 heavy (non-hydrogen) atoms. The van der Waals surface area contributed by atoms with E-state index in [1.54, 1.807) is 13.0 Å². The molecule has 0 heterocycles. The van der Waals surface area contributed by atoms with E-state index in [1.807, 2.05) is 0 Å². The third-order valence-electron chi connectivity index (χ3n) is 2.67. The fraction of sp³-hybridized carbons (Fsp3) is 0.143. The first-order chi connectivity index (χ1) is 10.3. The molecule has 0 saturated heterocycles. The van der Waals surface area contributed by atoms with Crippen molar-refractivity contribution < 1.29 is 13.2 Å². The van der Waals surface area contributed by atoms with Gasteiger partial charge in [0.2, 0.25) is 0 Å². The van der Waals surface area contributed by atoms with Crippen molar-refractivity contribution in [2.45, 2.75) is 11.8 Å². The van der Waals surface area contributed by atoms with Crippen LogP contribution >= 0.6 is 34.8 Å². The zero-order valence-electron chi connectivity index (χ0n) is 11.4. The van der Waals surface area contributed by atoms with Crippen LogP contribution < -0.4 is 9.46 Å². The normalized spacial score (nSPS) is 11.3. The van der Waals surface area contributed by atoms with Gasteiger partial charge in [0.1, 0.15) is 10.6 Å². The highest BCUT2D eigenvalue weighted by Crippen LogP contribution is 2.31. The second-order valence-corrected chi connectivity index (χ2v) is 7.16. The van der Waals surface area contributed by atoms with Crippen LogP contribution in [-0.2, 0) is 10.0 Å². The molecule has 0 bridgehead atoms. The summed E-state index contributed by atoms with van der Waals surface area (Å²) in [5.41, 5.74) is 0.289. The lowest BCUT2D eigenvalue weighted by molar-refractivity contribution is 0.331. The maximum Gasteiger partial charge on any atom is 0.265 e. The number of benzene rings is 2. The summed E-state index contributed by atoms with van der Waals surface area (Å²) in [6, 6.07) is 8.83. The summed E-state index contributed by atoms with van der Waals surface area (Å²) >= 11 is 17.6. The zero-order valence-corrected chi connectivity index (χ0v) is 14.5. The first-order valence-corrected chi connectivity index (χ1v) is 8.85. The highest BCUT2D eigenvalue weighted by molar-refractivity contribution is 7.92. The van der Waals surface area contributed by atoms with Crippen molar-refractivity contribution in [2.24, 2.45) is 0 Å². The topological polar surface area (TPSA) is 55.4 Å². The molecule has 0 radical (unpaired) electrons. The molecule has 0 spiro atoms. The van der Waals surface area contributed by atoms with Crippen molar-refractivity contribution in [3.63, 3.8) is 0 Å². The minimum atomic E-state index is -3.88. The Bertz CT molecular complexity index is 794. The molecule has 4 nitrogen and oxygen atoms in total. The fourth-order valence-corrected chi connectivity index (χ4v) is 3.49. The van der Waals surface area contributed by atoms with Crippen LogP contribution in [0.25, 0.3) is 0 Å². The second-order valence-electron chi connectivity index (χ2n) is 4.26. The van der Waals surface area contributed by atoms with Gasteiger partial charge in [-0.2, -0.15) is 0 Å². The van der Waals surface area contributed by atoms with Crippen LogP contribution in [0.15, 0.2) is 41.3 Å². The van der Waals surface area contributed by atoms with Crippen LogP contribution in [0.3, 0.4) is 0 Å². The Kier molecular flexibility index (Phi) is 5.45. The van der Waals surface area contributed by atoms with Gasteiger partial charge in [-0.1, -0.05) is 34.8 Å². The molecule has 0 aromatic heterocycles. The maximum atomic E-state index is 12.5. The largest absolute Gasteiger partial charge is 0.492 e. The molecule has 0 aliphatic heterocycles. The quantitative estimate of drug-likeness (QED) is 0.807. The lowest BCUT2D eigenvalue weighted by Crippen LogP contribution is -2.14. The monoisotopic (exact) mass is 379 g/mol. The van der Waals surface area contributed by atoms with Crippen LogP contribution in [0.2, 0.25) is 15.1 Å².